The van der Waals surface area contributed by atoms with Crippen molar-refractivity contribution in [1.29, 1.82) is 0 Å². The number of hydrogen-bond donors (Lipinski definition) is 2. The normalized spacial score (nSPS) is 10.5. The van der Waals surface area contributed by atoms with Crippen LogP contribution in [0.25, 0.3) is 0 Å². The molecule has 1 aromatic heterocycles. The predicted molar refractivity (Wildman–Crippen MR) is 68.6 cm³/mol. The summed E-state index contributed by atoms with van der Waals surface area (Å²) in [5.41, 5.74) is 6.34. The van der Waals surface area contributed by atoms with Crippen molar-refractivity contribution in [2.75, 3.05) is 18.1 Å². The highest BCUT2D eigenvalue weighted by atomic mass is 32.2. The Morgan fingerprint density at radius 3 is 3.06 bits per heavy atom. The van der Waals surface area contributed by atoms with Crippen molar-refractivity contribution >= 4 is 23.5 Å². The van der Waals surface area contributed by atoms with Gasteiger partial charge in [-0.3, -0.25) is 0 Å². The Morgan fingerprint density at radius 2 is 2.29 bits per heavy atom. The molecule has 0 saturated heterocycles. The topological polar surface area (TPSA) is 77.0 Å². The van der Waals surface area contributed by atoms with Crippen LogP contribution in [-0.2, 0) is 6.42 Å². The highest BCUT2D eigenvalue weighted by Gasteiger charge is 2.05. The van der Waals surface area contributed by atoms with Crippen molar-refractivity contribution in [3.63, 3.8) is 0 Å². The summed E-state index contributed by atoms with van der Waals surface area (Å²) in [6.07, 6.45) is 2.63. The van der Waals surface area contributed by atoms with E-state index in [1.807, 2.05) is 30.5 Å². The van der Waals surface area contributed by atoms with Crippen molar-refractivity contribution in [2.24, 2.45) is 5.73 Å². The predicted octanol–water partition coefficient (Wildman–Crippen LogP) is 2.04. The summed E-state index contributed by atoms with van der Waals surface area (Å²) in [7, 11) is 0. The maximum absolute atomic E-state index is 5.41. The summed E-state index contributed by atoms with van der Waals surface area (Å²) in [6.45, 7) is 0.504. The minimum Gasteiger partial charge on any atom is -0.408 e. The third kappa shape index (κ3) is 3.21. The Balaban J connectivity index is 2.08. The van der Waals surface area contributed by atoms with Crippen LogP contribution < -0.4 is 11.1 Å². The molecule has 5 nitrogen and oxygen atoms in total. The molecule has 0 aliphatic rings. The quantitative estimate of drug-likeness (QED) is 0.791. The molecule has 0 spiro atoms. The first-order valence-electron chi connectivity index (χ1n) is 5.25. The Morgan fingerprint density at radius 1 is 1.41 bits per heavy atom. The highest BCUT2D eigenvalue weighted by molar-refractivity contribution is 7.98. The minimum absolute atomic E-state index is 0.395. The SMILES string of the molecule is CSc1cccc(Nc2nnc(CCN)o2)c1. The van der Waals surface area contributed by atoms with Crippen molar-refractivity contribution in [1.82, 2.24) is 10.2 Å². The number of anilines is 2. The van der Waals surface area contributed by atoms with E-state index >= 15 is 0 Å². The van der Waals surface area contributed by atoms with Crippen molar-refractivity contribution in [3.05, 3.63) is 30.2 Å². The second-order valence-corrected chi connectivity index (χ2v) is 4.28. The van der Waals surface area contributed by atoms with Gasteiger partial charge in [-0.15, -0.1) is 16.9 Å². The molecule has 0 aliphatic heterocycles. The van der Waals surface area contributed by atoms with Crippen LogP contribution in [0.15, 0.2) is 33.6 Å². The van der Waals surface area contributed by atoms with Crippen LogP contribution in [0.4, 0.5) is 11.7 Å². The van der Waals surface area contributed by atoms with Crippen molar-refractivity contribution in [3.8, 4) is 0 Å². The van der Waals surface area contributed by atoms with Gasteiger partial charge in [0.15, 0.2) is 0 Å². The molecule has 0 fully saturated rings. The Kier molecular flexibility index (Phi) is 4.00. The molecule has 0 unspecified atom stereocenters. The smallest absolute Gasteiger partial charge is 0.320 e. The molecule has 6 heteroatoms. The third-order valence-electron chi connectivity index (χ3n) is 2.15. The number of hydrogen-bond acceptors (Lipinski definition) is 6. The van der Waals surface area contributed by atoms with Gasteiger partial charge >= 0.3 is 6.01 Å². The van der Waals surface area contributed by atoms with E-state index in [-0.39, 0.29) is 0 Å². The van der Waals surface area contributed by atoms with Crippen LogP contribution in [0.3, 0.4) is 0 Å². The number of nitrogens with zero attached hydrogens (tertiary/aromatic N) is 2. The molecule has 3 N–H and O–H groups in total. The number of benzene rings is 1. The first-order chi connectivity index (χ1) is 8.31. The molecule has 1 heterocycles. The summed E-state index contributed by atoms with van der Waals surface area (Å²) < 4.78 is 5.38. The summed E-state index contributed by atoms with van der Waals surface area (Å²) in [4.78, 5) is 1.18. The summed E-state index contributed by atoms with van der Waals surface area (Å²) in [5.74, 6) is 0.552. The highest BCUT2D eigenvalue weighted by Crippen LogP contribution is 2.21. The summed E-state index contributed by atoms with van der Waals surface area (Å²) >= 11 is 1.68. The van der Waals surface area contributed by atoms with E-state index in [0.29, 0.717) is 24.9 Å². The first kappa shape index (κ1) is 11.9. The third-order valence-corrected chi connectivity index (χ3v) is 2.87. The molecule has 0 aliphatic carbocycles. The van der Waals surface area contributed by atoms with Crippen LogP contribution in [-0.4, -0.2) is 23.0 Å². The number of thioether (sulfide) groups is 1. The fraction of sp³-hybridized carbons (Fsp3) is 0.273. The molecule has 0 amide bonds. The molecule has 0 atom stereocenters. The molecule has 2 aromatic rings. The van der Waals surface area contributed by atoms with Gasteiger partial charge in [-0.25, -0.2) is 0 Å². The van der Waals surface area contributed by atoms with Gasteiger partial charge in [0.25, 0.3) is 0 Å². The van der Waals surface area contributed by atoms with E-state index in [4.69, 9.17) is 10.2 Å². The lowest BCUT2D eigenvalue weighted by Crippen LogP contribution is -2.02. The fourth-order valence-electron chi connectivity index (χ4n) is 1.35. The van der Waals surface area contributed by atoms with Gasteiger partial charge in [0, 0.05) is 23.5 Å². The Labute approximate surface area is 104 Å². The van der Waals surface area contributed by atoms with Gasteiger partial charge in [0.1, 0.15) is 0 Å². The maximum atomic E-state index is 5.41. The number of nitrogens with one attached hydrogen (secondary N) is 1. The van der Waals surface area contributed by atoms with E-state index in [9.17, 15) is 0 Å². The number of aromatic nitrogens is 2. The lowest BCUT2D eigenvalue weighted by atomic mass is 10.3. The fourth-order valence-corrected chi connectivity index (χ4v) is 1.81. The average molecular weight is 250 g/mol. The Bertz CT molecular complexity index is 486. The molecule has 2 rings (SSSR count). The maximum Gasteiger partial charge on any atom is 0.320 e. The summed E-state index contributed by atoms with van der Waals surface area (Å²) in [6, 6.07) is 8.39. The Hall–Kier alpha value is -1.53. The molecule has 0 bridgehead atoms. The van der Waals surface area contributed by atoms with E-state index in [0.717, 1.165) is 5.69 Å². The van der Waals surface area contributed by atoms with Gasteiger partial charge in [-0.2, -0.15) is 0 Å². The second kappa shape index (κ2) is 5.70. The number of nitrogens with two attached hydrogens (primary N) is 1. The van der Waals surface area contributed by atoms with E-state index in [1.165, 1.54) is 4.90 Å². The van der Waals surface area contributed by atoms with E-state index in [2.05, 4.69) is 15.5 Å². The summed E-state index contributed by atoms with van der Waals surface area (Å²) in [5, 5.41) is 10.8. The largest absolute Gasteiger partial charge is 0.408 e. The van der Waals surface area contributed by atoms with E-state index in [1.54, 1.807) is 11.8 Å². The van der Waals surface area contributed by atoms with Gasteiger partial charge in [0.2, 0.25) is 5.89 Å². The lowest BCUT2D eigenvalue weighted by molar-refractivity contribution is 0.510. The van der Waals surface area contributed by atoms with Gasteiger partial charge < -0.3 is 15.5 Å². The van der Waals surface area contributed by atoms with Crippen LogP contribution in [0.1, 0.15) is 5.89 Å². The molecule has 0 radical (unpaired) electrons. The van der Waals surface area contributed by atoms with Gasteiger partial charge in [-0.1, -0.05) is 11.2 Å². The van der Waals surface area contributed by atoms with Crippen LogP contribution >= 0.6 is 11.8 Å². The van der Waals surface area contributed by atoms with Crippen LogP contribution in [0, 0.1) is 0 Å². The van der Waals surface area contributed by atoms with Gasteiger partial charge in [-0.05, 0) is 24.5 Å². The monoisotopic (exact) mass is 250 g/mol. The van der Waals surface area contributed by atoms with Crippen LogP contribution in [0.2, 0.25) is 0 Å². The zero-order chi connectivity index (χ0) is 12.1. The van der Waals surface area contributed by atoms with Crippen molar-refractivity contribution < 1.29 is 4.42 Å². The molecular weight excluding hydrogens is 236 g/mol. The lowest BCUT2D eigenvalue weighted by Gasteiger charge is -2.02. The zero-order valence-corrected chi connectivity index (χ0v) is 10.3. The number of rotatable bonds is 5. The standard InChI is InChI=1S/C11H14N4OS/c1-17-9-4-2-3-8(7-9)13-11-15-14-10(16-11)5-6-12/h2-4,7H,5-6,12H2,1H3,(H,13,15). The average Bonchev–Trinajstić information content (AvgIpc) is 2.77. The van der Waals surface area contributed by atoms with Crippen LogP contribution in [0.5, 0.6) is 0 Å². The first-order valence-corrected chi connectivity index (χ1v) is 6.48. The van der Waals surface area contributed by atoms with Crippen molar-refractivity contribution in [2.45, 2.75) is 11.3 Å². The second-order valence-electron chi connectivity index (χ2n) is 3.40. The zero-order valence-electron chi connectivity index (χ0n) is 9.51. The minimum atomic E-state index is 0.395. The molecule has 1 aromatic carbocycles. The molecular formula is C11H14N4OS. The molecule has 0 saturated carbocycles. The molecule has 17 heavy (non-hydrogen) atoms. The van der Waals surface area contributed by atoms with Gasteiger partial charge in [0.05, 0.1) is 0 Å². The molecule has 90 valence electrons. The van der Waals surface area contributed by atoms with E-state index < -0.39 is 0 Å².